The van der Waals surface area contributed by atoms with Gasteiger partial charge < -0.3 is 19.2 Å². The highest BCUT2D eigenvalue weighted by atomic mass is 35.5. The molecule has 0 spiro atoms. The summed E-state index contributed by atoms with van der Waals surface area (Å²) in [5.74, 6) is -2.90. The molecule has 2 saturated heterocycles. The van der Waals surface area contributed by atoms with Crippen LogP contribution in [0.5, 0.6) is 6.01 Å². The fraction of sp³-hybridized carbons (Fsp3) is 0.400. The van der Waals surface area contributed by atoms with Crippen LogP contribution in [0.15, 0.2) is 30.3 Å². The van der Waals surface area contributed by atoms with Gasteiger partial charge in [0.05, 0.1) is 28.9 Å². The maximum atomic E-state index is 13.4. The largest absolute Gasteiger partial charge is 0.456 e. The van der Waals surface area contributed by atoms with E-state index in [2.05, 4.69) is 15.0 Å². The molecule has 2 aliphatic rings. The van der Waals surface area contributed by atoms with Crippen molar-refractivity contribution in [3.63, 3.8) is 0 Å². The van der Waals surface area contributed by atoms with Gasteiger partial charge in [0, 0.05) is 24.7 Å². The molecule has 2 aromatic heterocycles. The molecular weight excluding hydrogens is 404 g/mol. The number of nitrogens with one attached hydrogen (secondary N) is 1. The van der Waals surface area contributed by atoms with Crippen molar-refractivity contribution in [3.8, 4) is 17.3 Å². The number of hydrogen-bond acceptors (Lipinski definition) is 5. The van der Waals surface area contributed by atoms with Crippen molar-refractivity contribution in [1.82, 2.24) is 15.0 Å². The second-order valence-corrected chi connectivity index (χ2v) is 7.76. The number of aromatic amines is 1. The van der Waals surface area contributed by atoms with Crippen LogP contribution < -0.4 is 4.74 Å². The molecule has 29 heavy (non-hydrogen) atoms. The molecule has 5 rings (SSSR count). The Hall–Kier alpha value is -2.29. The average Bonchev–Trinajstić information content (AvgIpc) is 3.37. The molecule has 6 nitrogen and oxygen atoms in total. The summed E-state index contributed by atoms with van der Waals surface area (Å²) in [4.78, 5) is 12.0. The minimum Gasteiger partial charge on any atom is -0.456 e. The van der Waals surface area contributed by atoms with Crippen LogP contribution in [0.25, 0.3) is 22.4 Å². The van der Waals surface area contributed by atoms with Gasteiger partial charge >= 0.3 is 0 Å². The first-order valence-electron chi connectivity index (χ1n) is 9.33. The maximum Gasteiger partial charge on any atom is 0.296 e. The number of H-pyrrole nitrogens is 1. The first-order chi connectivity index (χ1) is 13.9. The van der Waals surface area contributed by atoms with Crippen LogP contribution in [-0.4, -0.2) is 46.5 Å². The van der Waals surface area contributed by atoms with Crippen molar-refractivity contribution in [2.45, 2.75) is 37.6 Å². The summed E-state index contributed by atoms with van der Waals surface area (Å²) in [6.45, 7) is 1.97. The van der Waals surface area contributed by atoms with Gasteiger partial charge in [0.1, 0.15) is 6.10 Å². The van der Waals surface area contributed by atoms with E-state index in [-0.39, 0.29) is 23.9 Å². The van der Waals surface area contributed by atoms with Crippen molar-refractivity contribution in [2.24, 2.45) is 0 Å². The van der Waals surface area contributed by atoms with Crippen LogP contribution in [0, 0.1) is 0 Å². The molecule has 9 heteroatoms. The van der Waals surface area contributed by atoms with Crippen molar-refractivity contribution < 1.29 is 23.0 Å². The van der Waals surface area contributed by atoms with E-state index in [4.69, 9.17) is 25.8 Å². The van der Waals surface area contributed by atoms with E-state index < -0.39 is 5.92 Å². The minimum absolute atomic E-state index is 0.0693. The van der Waals surface area contributed by atoms with Gasteiger partial charge in [-0.05, 0) is 12.5 Å². The van der Waals surface area contributed by atoms with Crippen molar-refractivity contribution in [1.29, 1.82) is 0 Å². The van der Waals surface area contributed by atoms with Crippen molar-refractivity contribution >= 4 is 22.8 Å². The second-order valence-electron chi connectivity index (χ2n) is 7.35. The number of ether oxygens (including phenoxy) is 3. The third-order valence-corrected chi connectivity index (χ3v) is 5.54. The number of nitrogens with zero attached hydrogens (tertiary/aromatic N) is 2. The topological polar surface area (TPSA) is 69.3 Å². The predicted molar refractivity (Wildman–Crippen MR) is 102 cm³/mol. The zero-order chi connectivity index (χ0) is 20.2. The van der Waals surface area contributed by atoms with E-state index in [1.165, 1.54) is 12.1 Å². The Bertz CT molecular complexity index is 1050. The number of imidazole rings is 1. The van der Waals surface area contributed by atoms with Gasteiger partial charge in [-0.25, -0.2) is 13.8 Å². The molecule has 0 unspecified atom stereocenters. The Kier molecular flexibility index (Phi) is 4.45. The smallest absolute Gasteiger partial charge is 0.296 e. The number of pyridine rings is 1. The maximum absolute atomic E-state index is 13.4. The van der Waals surface area contributed by atoms with Gasteiger partial charge in [0.15, 0.2) is 11.8 Å². The quantitative estimate of drug-likeness (QED) is 0.679. The normalized spacial score (nSPS) is 24.2. The van der Waals surface area contributed by atoms with E-state index >= 15 is 0 Å². The Labute approximate surface area is 170 Å². The number of rotatable bonds is 4. The Morgan fingerprint density at radius 3 is 2.76 bits per heavy atom. The molecule has 1 N–H and O–H groups in total. The standard InChI is InChI=1S/C20H18ClF2N3O3/c1-20(22,23)11-4-2-10(3-5-11)16-12(21)8-13-18(25-16)26-19(24-13)29-15-9-28-14-6-7-27-17(14)15/h2-5,8,14-15,17H,6-7,9H2,1H3,(H,24,25,26)/t14-,15-,17+/m1/s1. The predicted octanol–water partition coefficient (Wildman–Crippen LogP) is 4.33. The van der Waals surface area contributed by atoms with Gasteiger partial charge in [-0.1, -0.05) is 35.9 Å². The highest BCUT2D eigenvalue weighted by Gasteiger charge is 2.43. The summed E-state index contributed by atoms with van der Waals surface area (Å²) in [6, 6.07) is 7.89. The first kappa shape index (κ1) is 18.7. The number of alkyl halides is 2. The summed E-state index contributed by atoms with van der Waals surface area (Å²) in [5.41, 5.74) is 2.06. The van der Waals surface area contributed by atoms with Crippen LogP contribution >= 0.6 is 11.6 Å². The molecule has 0 amide bonds. The summed E-state index contributed by atoms with van der Waals surface area (Å²) >= 11 is 6.38. The summed E-state index contributed by atoms with van der Waals surface area (Å²) in [6.07, 6.45) is 0.613. The molecule has 1 aromatic carbocycles. The lowest BCUT2D eigenvalue weighted by Crippen LogP contribution is -2.32. The van der Waals surface area contributed by atoms with Gasteiger partial charge in [0.2, 0.25) is 0 Å². The van der Waals surface area contributed by atoms with Crippen molar-refractivity contribution in [2.75, 3.05) is 13.2 Å². The number of halogens is 3. The fourth-order valence-electron chi connectivity index (χ4n) is 3.75. The Morgan fingerprint density at radius 2 is 2.00 bits per heavy atom. The lowest BCUT2D eigenvalue weighted by atomic mass is 10.1. The zero-order valence-corrected chi connectivity index (χ0v) is 16.2. The van der Waals surface area contributed by atoms with Gasteiger partial charge in [0.25, 0.3) is 11.9 Å². The molecule has 0 radical (unpaired) electrons. The third kappa shape index (κ3) is 3.45. The van der Waals surface area contributed by atoms with Crippen LogP contribution in [0.4, 0.5) is 8.78 Å². The van der Waals surface area contributed by atoms with Crippen LogP contribution in [0.3, 0.4) is 0 Å². The molecule has 2 fully saturated rings. The number of hydrogen-bond donors (Lipinski definition) is 1. The highest BCUT2D eigenvalue weighted by molar-refractivity contribution is 6.33. The lowest BCUT2D eigenvalue weighted by molar-refractivity contribution is 0.0175. The van der Waals surface area contributed by atoms with E-state index in [0.29, 0.717) is 46.7 Å². The minimum atomic E-state index is -2.90. The van der Waals surface area contributed by atoms with Crippen LogP contribution in [-0.2, 0) is 15.4 Å². The SMILES string of the molecule is CC(F)(F)c1ccc(-c2nc3nc(O[C@@H]4CO[C@@H]5CCO[C@@H]54)[nH]c3cc2Cl)cc1. The monoisotopic (exact) mass is 421 g/mol. The fourth-order valence-corrected chi connectivity index (χ4v) is 4.01. The number of aromatic nitrogens is 3. The van der Waals surface area contributed by atoms with Gasteiger partial charge in [-0.2, -0.15) is 4.98 Å². The Balaban J connectivity index is 1.42. The van der Waals surface area contributed by atoms with E-state index in [9.17, 15) is 8.78 Å². The zero-order valence-electron chi connectivity index (χ0n) is 15.5. The molecular formula is C20H18ClF2N3O3. The molecule has 0 aliphatic carbocycles. The lowest BCUT2D eigenvalue weighted by Gasteiger charge is -2.15. The highest BCUT2D eigenvalue weighted by Crippen LogP contribution is 2.33. The summed E-state index contributed by atoms with van der Waals surface area (Å²) < 4.78 is 44.2. The molecule has 3 atom stereocenters. The van der Waals surface area contributed by atoms with Gasteiger partial charge in [-0.15, -0.1) is 0 Å². The third-order valence-electron chi connectivity index (χ3n) is 5.25. The van der Waals surface area contributed by atoms with Crippen LogP contribution in [0.1, 0.15) is 18.9 Å². The number of benzene rings is 1. The first-order valence-corrected chi connectivity index (χ1v) is 9.71. The molecule has 152 valence electrons. The van der Waals surface area contributed by atoms with E-state index in [1.54, 1.807) is 18.2 Å². The molecule has 0 saturated carbocycles. The molecule has 0 bridgehead atoms. The number of fused-ring (bicyclic) bond motifs is 2. The van der Waals surface area contributed by atoms with Gasteiger partial charge in [-0.3, -0.25) is 0 Å². The second kappa shape index (κ2) is 6.90. The average molecular weight is 422 g/mol. The Morgan fingerprint density at radius 1 is 1.21 bits per heavy atom. The van der Waals surface area contributed by atoms with Crippen LogP contribution in [0.2, 0.25) is 5.02 Å². The molecule has 3 aromatic rings. The van der Waals surface area contributed by atoms with E-state index in [0.717, 1.165) is 13.3 Å². The molecule has 2 aliphatic heterocycles. The molecule has 4 heterocycles. The summed E-state index contributed by atoms with van der Waals surface area (Å²) in [7, 11) is 0. The summed E-state index contributed by atoms with van der Waals surface area (Å²) in [5, 5.41) is 0.382. The van der Waals surface area contributed by atoms with E-state index in [1.807, 2.05) is 0 Å². The van der Waals surface area contributed by atoms with Crippen molar-refractivity contribution in [3.05, 3.63) is 40.9 Å².